The number of nitrogens with two attached hydrogens (primary N) is 1. The van der Waals surface area contributed by atoms with E-state index in [4.69, 9.17) is 15.2 Å². The zero-order chi connectivity index (χ0) is 20.6. The van der Waals surface area contributed by atoms with Gasteiger partial charge in [-0.2, -0.15) is 0 Å². The minimum absolute atomic E-state index is 0.0377. The van der Waals surface area contributed by atoms with Gasteiger partial charge in [0.15, 0.2) is 11.5 Å². The van der Waals surface area contributed by atoms with Crippen molar-refractivity contribution in [1.82, 2.24) is 19.5 Å². The summed E-state index contributed by atoms with van der Waals surface area (Å²) in [7, 11) is -1.32. The predicted molar refractivity (Wildman–Crippen MR) is 108 cm³/mol. The van der Waals surface area contributed by atoms with E-state index in [0.717, 1.165) is 0 Å². The topological polar surface area (TPSA) is 125 Å². The molecule has 1 unspecified atom stereocenters. The molecule has 0 saturated carbocycles. The van der Waals surface area contributed by atoms with Gasteiger partial charge >= 0.3 is 5.97 Å². The highest BCUT2D eigenvalue weighted by molar-refractivity contribution is 6.58. The number of nitrogen functional groups attached to an aromatic ring is 1. The number of hydrogen-bond donors (Lipinski definition) is 2. The van der Waals surface area contributed by atoms with Gasteiger partial charge in [0.1, 0.15) is 18.1 Å². The Labute approximate surface area is 165 Å². The quantitative estimate of drug-likeness (QED) is 0.698. The van der Waals surface area contributed by atoms with E-state index >= 15 is 0 Å². The summed E-state index contributed by atoms with van der Waals surface area (Å²) in [5.74, 6) is -0.486. The van der Waals surface area contributed by atoms with Gasteiger partial charge in [-0.15, -0.1) is 0 Å². The number of aromatic nitrogens is 4. The van der Waals surface area contributed by atoms with Crippen LogP contribution in [0.1, 0.15) is 39.8 Å². The first kappa shape index (κ1) is 20.7. The first-order chi connectivity index (χ1) is 13.1. The highest BCUT2D eigenvalue weighted by Gasteiger charge is 2.45. The second-order valence-electron chi connectivity index (χ2n) is 8.65. The molecular formula is C18H29N5O4Si. The molecule has 0 bridgehead atoms. The van der Waals surface area contributed by atoms with Crippen molar-refractivity contribution in [3.05, 3.63) is 12.7 Å². The van der Waals surface area contributed by atoms with Crippen molar-refractivity contribution in [3.8, 4) is 0 Å². The lowest BCUT2D eigenvalue weighted by Crippen LogP contribution is -2.39. The number of anilines is 1. The lowest BCUT2D eigenvalue weighted by Gasteiger charge is -2.33. The van der Waals surface area contributed by atoms with E-state index in [2.05, 4.69) is 28.0 Å². The van der Waals surface area contributed by atoms with Gasteiger partial charge in [0.2, 0.25) is 0 Å². The number of carboxylic acid groups (broad SMARTS) is 1. The van der Waals surface area contributed by atoms with Gasteiger partial charge in [0, 0.05) is 21.6 Å². The highest BCUT2D eigenvalue weighted by Crippen LogP contribution is 2.41. The van der Waals surface area contributed by atoms with E-state index in [1.54, 1.807) is 6.33 Å². The average molecular weight is 408 g/mol. The first-order valence-electron chi connectivity index (χ1n) is 9.55. The third-order valence-corrected chi connectivity index (χ3v) is 7.33. The smallest absolute Gasteiger partial charge is 0.303 e. The van der Waals surface area contributed by atoms with Crippen LogP contribution >= 0.6 is 0 Å². The van der Waals surface area contributed by atoms with Crippen molar-refractivity contribution in [3.63, 3.8) is 0 Å². The molecule has 2 aromatic rings. The Morgan fingerprint density at radius 1 is 1.43 bits per heavy atom. The number of imidazole rings is 1. The summed E-state index contributed by atoms with van der Waals surface area (Å²) >= 11 is 0. The van der Waals surface area contributed by atoms with Gasteiger partial charge < -0.3 is 20.3 Å². The summed E-state index contributed by atoms with van der Waals surface area (Å²) in [4.78, 5) is 24.1. The van der Waals surface area contributed by atoms with Crippen molar-refractivity contribution in [1.29, 1.82) is 0 Å². The summed E-state index contributed by atoms with van der Waals surface area (Å²) in [5.41, 5.74) is 6.63. The van der Waals surface area contributed by atoms with Gasteiger partial charge in [0.25, 0.3) is 0 Å². The standard InChI is InChI=1S/C18H29N5O4Si/c1-18(2,3)27-10-6-12(26-15(10)11(28(4)5)7-13(24)25)23-9-22-14-16(19)20-8-21-17(14)23/h8-12,15,28H,6-7H2,1-5H3,(H,24,25)(H2,19,20,21)/t10-,11?,12+,15-/m0/s1. The van der Waals surface area contributed by atoms with Crippen LogP contribution in [-0.2, 0) is 14.3 Å². The summed E-state index contributed by atoms with van der Waals surface area (Å²) in [6.45, 7) is 10.3. The van der Waals surface area contributed by atoms with Crippen LogP contribution in [0.4, 0.5) is 5.82 Å². The Hall–Kier alpha value is -2.04. The van der Waals surface area contributed by atoms with Crippen molar-refractivity contribution < 1.29 is 19.4 Å². The average Bonchev–Trinajstić information content (AvgIpc) is 3.15. The van der Waals surface area contributed by atoms with Gasteiger partial charge in [-0.25, -0.2) is 15.0 Å². The van der Waals surface area contributed by atoms with Crippen molar-refractivity contribution in [2.24, 2.45) is 0 Å². The van der Waals surface area contributed by atoms with E-state index in [1.807, 2.05) is 25.3 Å². The van der Waals surface area contributed by atoms with Crippen LogP contribution in [0.3, 0.4) is 0 Å². The Morgan fingerprint density at radius 2 is 2.14 bits per heavy atom. The zero-order valence-corrected chi connectivity index (χ0v) is 18.1. The Kier molecular flexibility index (Phi) is 5.73. The molecule has 3 N–H and O–H groups in total. The number of hydrogen-bond acceptors (Lipinski definition) is 7. The largest absolute Gasteiger partial charge is 0.481 e. The van der Waals surface area contributed by atoms with Gasteiger partial charge in [-0.3, -0.25) is 9.36 Å². The number of carboxylic acids is 1. The molecule has 10 heteroatoms. The summed E-state index contributed by atoms with van der Waals surface area (Å²) in [5, 5.41) is 9.41. The van der Waals surface area contributed by atoms with Crippen molar-refractivity contribution in [2.75, 3.05) is 5.73 Å². The molecular weight excluding hydrogens is 378 g/mol. The third kappa shape index (κ3) is 4.34. The molecule has 4 atom stereocenters. The molecule has 3 heterocycles. The van der Waals surface area contributed by atoms with Crippen LogP contribution < -0.4 is 5.73 Å². The first-order valence-corrected chi connectivity index (χ1v) is 12.5. The molecule has 0 amide bonds. The summed E-state index contributed by atoms with van der Waals surface area (Å²) < 4.78 is 14.5. The minimum atomic E-state index is -1.32. The zero-order valence-electron chi connectivity index (χ0n) is 17.0. The Bertz CT molecular complexity index is 850. The molecule has 9 nitrogen and oxygen atoms in total. The lowest BCUT2D eigenvalue weighted by atomic mass is 10.1. The maximum Gasteiger partial charge on any atom is 0.303 e. The molecule has 2 aromatic heterocycles. The fraction of sp³-hybridized carbons (Fsp3) is 0.667. The second kappa shape index (κ2) is 7.76. The van der Waals surface area contributed by atoms with E-state index < -0.39 is 14.8 Å². The molecule has 3 rings (SSSR count). The fourth-order valence-electron chi connectivity index (χ4n) is 3.80. The number of nitrogens with zero attached hydrogens (tertiary/aromatic N) is 4. The Morgan fingerprint density at radius 3 is 2.75 bits per heavy atom. The molecule has 28 heavy (non-hydrogen) atoms. The van der Waals surface area contributed by atoms with E-state index in [1.165, 1.54) is 6.33 Å². The van der Waals surface area contributed by atoms with Crippen LogP contribution in [0, 0.1) is 0 Å². The molecule has 1 aliphatic rings. The van der Waals surface area contributed by atoms with Crippen LogP contribution in [0.15, 0.2) is 12.7 Å². The van der Waals surface area contributed by atoms with Gasteiger partial charge in [-0.1, -0.05) is 13.1 Å². The minimum Gasteiger partial charge on any atom is -0.481 e. The van der Waals surface area contributed by atoms with Gasteiger partial charge in [0.05, 0.1) is 24.1 Å². The van der Waals surface area contributed by atoms with Crippen molar-refractivity contribution >= 4 is 31.7 Å². The summed E-state index contributed by atoms with van der Waals surface area (Å²) in [6.07, 6.45) is 2.89. The van der Waals surface area contributed by atoms with Crippen LogP contribution in [-0.4, -0.2) is 57.2 Å². The number of rotatable bonds is 6. The Balaban J connectivity index is 1.94. The molecule has 1 aliphatic heterocycles. The number of carbonyl (C=O) groups is 1. The van der Waals surface area contributed by atoms with Gasteiger partial charge in [-0.05, 0) is 26.3 Å². The molecule has 0 aromatic carbocycles. The molecule has 0 aliphatic carbocycles. The van der Waals surface area contributed by atoms with Crippen LogP contribution in [0.5, 0.6) is 0 Å². The monoisotopic (exact) mass is 407 g/mol. The third-order valence-electron chi connectivity index (χ3n) is 5.01. The predicted octanol–water partition coefficient (Wildman–Crippen LogP) is 2.21. The van der Waals surface area contributed by atoms with E-state index in [-0.39, 0.29) is 36.0 Å². The van der Waals surface area contributed by atoms with Crippen molar-refractivity contribution in [2.45, 2.75) is 76.3 Å². The number of ether oxygens (including phenoxy) is 2. The highest BCUT2D eigenvalue weighted by atomic mass is 28.3. The summed E-state index contributed by atoms with van der Waals surface area (Å²) in [6, 6.07) is 0. The SMILES string of the molecule is C[SiH](C)C(CC(=O)O)[C@H]1O[C@@H](n2cnc3c(N)ncnc32)C[C@@H]1OC(C)(C)C. The molecule has 0 spiro atoms. The van der Waals surface area contributed by atoms with E-state index in [9.17, 15) is 9.90 Å². The number of aliphatic carboxylic acids is 1. The van der Waals surface area contributed by atoms with Crippen LogP contribution in [0.25, 0.3) is 11.2 Å². The second-order valence-corrected chi connectivity index (χ2v) is 12.0. The lowest BCUT2D eigenvalue weighted by molar-refractivity contribution is -0.139. The maximum atomic E-state index is 11.5. The van der Waals surface area contributed by atoms with Crippen LogP contribution in [0.2, 0.25) is 18.6 Å². The van der Waals surface area contributed by atoms with E-state index in [0.29, 0.717) is 23.4 Å². The molecule has 0 radical (unpaired) electrons. The normalized spacial score (nSPS) is 24.1. The molecule has 154 valence electrons. The molecule has 1 saturated heterocycles. The number of fused-ring (bicyclic) bond motifs is 1. The molecule has 1 fully saturated rings. The maximum absolute atomic E-state index is 11.5. The fourth-order valence-corrected chi connectivity index (χ4v) is 5.57.